The molecule has 0 amide bonds. The van der Waals surface area contributed by atoms with Gasteiger partial charge < -0.3 is 29.2 Å². The van der Waals surface area contributed by atoms with Crippen molar-refractivity contribution in [2.24, 2.45) is 5.92 Å². The number of hydrogen-bond donors (Lipinski definition) is 2. The van der Waals surface area contributed by atoms with E-state index in [1.807, 2.05) is 13.8 Å². The first-order valence-corrected chi connectivity index (χ1v) is 7.67. The van der Waals surface area contributed by atoms with Crippen LogP contribution in [0, 0.1) is 5.92 Å². The predicted octanol–water partition coefficient (Wildman–Crippen LogP) is 2.89. The second-order valence-corrected chi connectivity index (χ2v) is 5.69. The standard InChI is InChI=1S/C17H22N2O6/c1-9(2)15(17(20)21)18-14-8-11(19-25-14)10-6-12(22-3)16(24-5)13(7-10)23-4/h6-9,15,18H,1-5H3,(H,20,21). The number of ether oxygens (including phenoxy) is 3. The summed E-state index contributed by atoms with van der Waals surface area (Å²) in [4.78, 5) is 11.3. The number of aromatic nitrogens is 1. The van der Waals surface area contributed by atoms with E-state index >= 15 is 0 Å². The number of carbonyl (C=O) groups is 1. The van der Waals surface area contributed by atoms with Crippen LogP contribution in [0.3, 0.4) is 0 Å². The van der Waals surface area contributed by atoms with Crippen LogP contribution in [-0.2, 0) is 4.79 Å². The van der Waals surface area contributed by atoms with Crippen molar-refractivity contribution in [3.63, 3.8) is 0 Å². The Labute approximate surface area is 145 Å². The first-order chi connectivity index (χ1) is 11.9. The average Bonchev–Trinajstić information content (AvgIpc) is 3.06. The Morgan fingerprint density at radius 2 is 1.72 bits per heavy atom. The summed E-state index contributed by atoms with van der Waals surface area (Å²) in [5, 5.41) is 16.1. The number of nitrogens with zero attached hydrogens (tertiary/aromatic N) is 1. The van der Waals surface area contributed by atoms with Crippen molar-refractivity contribution in [2.75, 3.05) is 26.6 Å². The third kappa shape index (κ3) is 3.96. The Bertz CT molecular complexity index is 715. The van der Waals surface area contributed by atoms with E-state index in [4.69, 9.17) is 18.7 Å². The average molecular weight is 350 g/mol. The SMILES string of the molecule is COc1cc(-c2cc(NC(C(=O)O)C(C)C)on2)cc(OC)c1OC. The maximum absolute atomic E-state index is 11.3. The van der Waals surface area contributed by atoms with Crippen molar-refractivity contribution in [2.45, 2.75) is 19.9 Å². The molecule has 25 heavy (non-hydrogen) atoms. The number of methoxy groups -OCH3 is 3. The molecule has 136 valence electrons. The first-order valence-electron chi connectivity index (χ1n) is 7.67. The van der Waals surface area contributed by atoms with E-state index in [9.17, 15) is 9.90 Å². The van der Waals surface area contributed by atoms with Crippen LogP contribution in [0.25, 0.3) is 11.3 Å². The molecule has 1 atom stereocenters. The van der Waals surface area contributed by atoms with Crippen molar-refractivity contribution in [1.82, 2.24) is 5.16 Å². The smallest absolute Gasteiger partial charge is 0.326 e. The van der Waals surface area contributed by atoms with Crippen LogP contribution >= 0.6 is 0 Å². The van der Waals surface area contributed by atoms with E-state index in [-0.39, 0.29) is 11.8 Å². The molecule has 0 spiro atoms. The van der Waals surface area contributed by atoms with E-state index in [1.54, 1.807) is 18.2 Å². The van der Waals surface area contributed by atoms with Gasteiger partial charge in [0.05, 0.1) is 21.3 Å². The Morgan fingerprint density at radius 3 is 2.16 bits per heavy atom. The Balaban J connectivity index is 2.34. The summed E-state index contributed by atoms with van der Waals surface area (Å²) in [6.45, 7) is 3.62. The van der Waals surface area contributed by atoms with Crippen molar-refractivity contribution in [3.05, 3.63) is 18.2 Å². The maximum Gasteiger partial charge on any atom is 0.326 e. The molecule has 8 nitrogen and oxygen atoms in total. The molecule has 0 aliphatic carbocycles. The molecule has 8 heteroatoms. The van der Waals surface area contributed by atoms with Gasteiger partial charge in [-0.25, -0.2) is 4.79 Å². The van der Waals surface area contributed by atoms with Gasteiger partial charge in [0.15, 0.2) is 11.5 Å². The summed E-state index contributed by atoms with van der Waals surface area (Å²) in [7, 11) is 4.57. The van der Waals surface area contributed by atoms with Crippen molar-refractivity contribution >= 4 is 11.9 Å². The summed E-state index contributed by atoms with van der Waals surface area (Å²) >= 11 is 0. The molecule has 0 aliphatic heterocycles. The highest BCUT2D eigenvalue weighted by atomic mass is 16.5. The second kappa shape index (κ2) is 7.78. The number of carboxylic acid groups (broad SMARTS) is 1. The van der Waals surface area contributed by atoms with Crippen molar-refractivity contribution in [3.8, 4) is 28.5 Å². The van der Waals surface area contributed by atoms with E-state index in [2.05, 4.69) is 10.5 Å². The number of anilines is 1. The van der Waals surface area contributed by atoms with E-state index in [1.165, 1.54) is 21.3 Å². The zero-order chi connectivity index (χ0) is 18.6. The lowest BCUT2D eigenvalue weighted by Gasteiger charge is -2.16. The van der Waals surface area contributed by atoms with Crippen molar-refractivity contribution in [1.29, 1.82) is 0 Å². The third-order valence-corrected chi connectivity index (χ3v) is 3.70. The third-order valence-electron chi connectivity index (χ3n) is 3.70. The molecule has 0 fully saturated rings. The number of carboxylic acids is 1. The lowest BCUT2D eigenvalue weighted by atomic mass is 10.1. The first kappa shape index (κ1) is 18.4. The molecule has 0 saturated carbocycles. The molecule has 2 aromatic rings. The molecule has 2 N–H and O–H groups in total. The molecule has 0 bridgehead atoms. The summed E-state index contributed by atoms with van der Waals surface area (Å²) in [5.41, 5.74) is 1.19. The summed E-state index contributed by atoms with van der Waals surface area (Å²) in [6, 6.07) is 4.32. The normalized spacial score (nSPS) is 11.9. The van der Waals surface area contributed by atoms with Crippen LogP contribution in [0.2, 0.25) is 0 Å². The zero-order valence-corrected chi connectivity index (χ0v) is 14.8. The van der Waals surface area contributed by atoms with Gasteiger partial charge in [-0.1, -0.05) is 19.0 Å². The summed E-state index contributed by atoms with van der Waals surface area (Å²) < 4.78 is 21.1. The minimum Gasteiger partial charge on any atom is -0.493 e. The molecule has 1 aromatic heterocycles. The molecule has 2 rings (SSSR count). The Morgan fingerprint density at radius 1 is 1.12 bits per heavy atom. The van der Waals surface area contributed by atoms with Gasteiger partial charge in [-0.2, -0.15) is 0 Å². The van der Waals surface area contributed by atoms with Crippen LogP contribution in [0.4, 0.5) is 5.88 Å². The van der Waals surface area contributed by atoms with E-state index < -0.39 is 12.0 Å². The van der Waals surface area contributed by atoms with Gasteiger partial charge in [0.2, 0.25) is 11.6 Å². The van der Waals surface area contributed by atoms with Gasteiger partial charge in [0, 0.05) is 11.6 Å². The molecule has 0 saturated heterocycles. The number of rotatable bonds is 8. The number of benzene rings is 1. The predicted molar refractivity (Wildman–Crippen MR) is 91.5 cm³/mol. The molecule has 0 radical (unpaired) electrons. The molecular formula is C17H22N2O6. The number of nitrogens with one attached hydrogen (secondary N) is 1. The highest BCUT2D eigenvalue weighted by Gasteiger charge is 2.23. The molecular weight excluding hydrogens is 328 g/mol. The molecule has 1 heterocycles. The summed E-state index contributed by atoms with van der Waals surface area (Å²) in [5.74, 6) is 0.638. The van der Waals surface area contributed by atoms with Crippen LogP contribution in [0.5, 0.6) is 17.2 Å². The van der Waals surface area contributed by atoms with Gasteiger partial charge in [-0.15, -0.1) is 0 Å². The monoisotopic (exact) mass is 350 g/mol. The van der Waals surface area contributed by atoms with Crippen molar-refractivity contribution < 1.29 is 28.6 Å². The minimum absolute atomic E-state index is 0.118. The van der Waals surface area contributed by atoms with Gasteiger partial charge >= 0.3 is 5.97 Å². The molecule has 1 unspecified atom stereocenters. The van der Waals surface area contributed by atoms with Crippen LogP contribution in [0.1, 0.15) is 13.8 Å². The quantitative estimate of drug-likeness (QED) is 0.749. The van der Waals surface area contributed by atoms with Gasteiger partial charge in [0.1, 0.15) is 11.7 Å². The Kier molecular flexibility index (Phi) is 5.74. The number of aliphatic carboxylic acids is 1. The van der Waals surface area contributed by atoms with Gasteiger partial charge in [-0.05, 0) is 18.1 Å². The Hall–Kier alpha value is -2.90. The largest absolute Gasteiger partial charge is 0.493 e. The van der Waals surface area contributed by atoms with Gasteiger partial charge in [0.25, 0.3) is 0 Å². The van der Waals surface area contributed by atoms with Crippen LogP contribution in [0.15, 0.2) is 22.7 Å². The highest BCUT2D eigenvalue weighted by molar-refractivity contribution is 5.77. The molecule has 1 aromatic carbocycles. The fourth-order valence-electron chi connectivity index (χ4n) is 2.38. The zero-order valence-electron chi connectivity index (χ0n) is 14.8. The second-order valence-electron chi connectivity index (χ2n) is 5.69. The maximum atomic E-state index is 11.3. The van der Waals surface area contributed by atoms with Crippen LogP contribution < -0.4 is 19.5 Å². The fourth-order valence-corrected chi connectivity index (χ4v) is 2.38. The lowest BCUT2D eigenvalue weighted by molar-refractivity contribution is -0.138. The lowest BCUT2D eigenvalue weighted by Crippen LogP contribution is -2.34. The fraction of sp³-hybridized carbons (Fsp3) is 0.412. The number of hydrogen-bond acceptors (Lipinski definition) is 7. The van der Waals surface area contributed by atoms with Gasteiger partial charge in [-0.3, -0.25) is 0 Å². The molecule has 0 aliphatic rings. The van der Waals surface area contributed by atoms with Crippen LogP contribution in [-0.4, -0.2) is 43.6 Å². The topological polar surface area (TPSA) is 103 Å². The van der Waals surface area contributed by atoms with E-state index in [0.29, 0.717) is 28.5 Å². The minimum atomic E-state index is -0.958. The highest BCUT2D eigenvalue weighted by Crippen LogP contribution is 2.41. The van der Waals surface area contributed by atoms with E-state index in [0.717, 1.165) is 0 Å². The summed E-state index contributed by atoms with van der Waals surface area (Å²) in [6.07, 6.45) is 0.